The summed E-state index contributed by atoms with van der Waals surface area (Å²) >= 11 is 2.26. The molecule has 0 radical (unpaired) electrons. The SMILES string of the molecule is Ic1cnn(CC2CNCCO2)c1. The normalized spacial score (nSPS) is 23.3. The van der Waals surface area contributed by atoms with Gasteiger partial charge in [-0.05, 0) is 22.6 Å². The van der Waals surface area contributed by atoms with Crippen molar-refractivity contribution in [2.24, 2.45) is 0 Å². The van der Waals surface area contributed by atoms with Crippen LogP contribution in [0.1, 0.15) is 0 Å². The number of rotatable bonds is 2. The van der Waals surface area contributed by atoms with E-state index in [0.717, 1.165) is 26.2 Å². The molecule has 4 nitrogen and oxygen atoms in total. The van der Waals surface area contributed by atoms with E-state index in [1.165, 1.54) is 3.57 Å². The van der Waals surface area contributed by atoms with Gasteiger partial charge in [0.15, 0.2) is 0 Å². The molecule has 13 heavy (non-hydrogen) atoms. The van der Waals surface area contributed by atoms with Gasteiger partial charge in [0, 0.05) is 19.3 Å². The molecular formula is C8H12IN3O. The van der Waals surface area contributed by atoms with Gasteiger partial charge in [-0.1, -0.05) is 0 Å². The highest BCUT2D eigenvalue weighted by Gasteiger charge is 2.13. The van der Waals surface area contributed by atoms with Gasteiger partial charge in [-0.25, -0.2) is 0 Å². The minimum absolute atomic E-state index is 0.268. The summed E-state index contributed by atoms with van der Waals surface area (Å²) in [4.78, 5) is 0. The van der Waals surface area contributed by atoms with Crippen LogP contribution in [0, 0.1) is 3.57 Å². The van der Waals surface area contributed by atoms with Crippen LogP contribution in [0.3, 0.4) is 0 Å². The second kappa shape index (κ2) is 4.39. The largest absolute Gasteiger partial charge is 0.374 e. The van der Waals surface area contributed by atoms with Crippen LogP contribution in [-0.2, 0) is 11.3 Å². The molecule has 2 rings (SSSR count). The molecule has 1 N–H and O–H groups in total. The Bertz CT molecular complexity index is 270. The van der Waals surface area contributed by atoms with Gasteiger partial charge in [0.05, 0.1) is 29.0 Å². The number of ether oxygens (including phenoxy) is 1. The number of halogens is 1. The van der Waals surface area contributed by atoms with Crippen LogP contribution in [0.15, 0.2) is 12.4 Å². The highest BCUT2D eigenvalue weighted by molar-refractivity contribution is 14.1. The molecule has 1 aromatic rings. The van der Waals surface area contributed by atoms with Crippen LogP contribution in [-0.4, -0.2) is 35.6 Å². The molecule has 1 atom stereocenters. The van der Waals surface area contributed by atoms with Gasteiger partial charge in [-0.2, -0.15) is 5.10 Å². The van der Waals surface area contributed by atoms with Crippen molar-refractivity contribution < 1.29 is 4.74 Å². The molecule has 1 aliphatic rings. The number of aromatic nitrogens is 2. The summed E-state index contributed by atoms with van der Waals surface area (Å²) in [7, 11) is 0. The first-order valence-corrected chi connectivity index (χ1v) is 5.43. The maximum Gasteiger partial charge on any atom is 0.0895 e. The fraction of sp³-hybridized carbons (Fsp3) is 0.625. The number of hydrogen-bond donors (Lipinski definition) is 1. The Hall–Kier alpha value is -0.140. The van der Waals surface area contributed by atoms with Gasteiger partial charge >= 0.3 is 0 Å². The third kappa shape index (κ3) is 2.65. The van der Waals surface area contributed by atoms with Gasteiger partial charge in [-0.3, -0.25) is 4.68 Å². The molecule has 72 valence electrons. The summed E-state index contributed by atoms with van der Waals surface area (Å²) in [5.74, 6) is 0. The van der Waals surface area contributed by atoms with Gasteiger partial charge in [0.2, 0.25) is 0 Å². The van der Waals surface area contributed by atoms with Crippen molar-refractivity contribution in [2.75, 3.05) is 19.7 Å². The maximum atomic E-state index is 5.57. The molecule has 5 heteroatoms. The van der Waals surface area contributed by atoms with Crippen molar-refractivity contribution in [1.29, 1.82) is 0 Å². The van der Waals surface area contributed by atoms with E-state index in [1.807, 2.05) is 17.1 Å². The lowest BCUT2D eigenvalue weighted by molar-refractivity contribution is 0.0161. The molecule has 1 saturated heterocycles. The predicted molar refractivity (Wildman–Crippen MR) is 57.6 cm³/mol. The summed E-state index contributed by atoms with van der Waals surface area (Å²) in [6.45, 7) is 3.54. The number of hydrogen-bond acceptors (Lipinski definition) is 3. The topological polar surface area (TPSA) is 39.1 Å². The molecule has 0 amide bonds. The second-order valence-corrected chi connectivity index (χ2v) is 4.32. The van der Waals surface area contributed by atoms with E-state index < -0.39 is 0 Å². The van der Waals surface area contributed by atoms with Crippen molar-refractivity contribution in [3.8, 4) is 0 Å². The minimum Gasteiger partial charge on any atom is -0.374 e. The highest BCUT2D eigenvalue weighted by Crippen LogP contribution is 2.04. The molecule has 0 spiro atoms. The van der Waals surface area contributed by atoms with E-state index in [4.69, 9.17) is 4.74 Å². The quantitative estimate of drug-likeness (QED) is 0.806. The zero-order chi connectivity index (χ0) is 9.10. The van der Waals surface area contributed by atoms with Crippen LogP contribution in [0.2, 0.25) is 0 Å². The number of morpholine rings is 1. The Balaban J connectivity index is 1.89. The fourth-order valence-corrected chi connectivity index (χ4v) is 1.83. The Labute approximate surface area is 90.8 Å². The summed E-state index contributed by atoms with van der Waals surface area (Å²) in [6, 6.07) is 0. The molecule has 0 aromatic carbocycles. The Kier molecular flexibility index (Phi) is 3.18. The van der Waals surface area contributed by atoms with Gasteiger partial charge in [-0.15, -0.1) is 0 Å². The second-order valence-electron chi connectivity index (χ2n) is 3.08. The van der Waals surface area contributed by atoms with E-state index >= 15 is 0 Å². The average molecular weight is 293 g/mol. The average Bonchev–Trinajstić information content (AvgIpc) is 2.53. The monoisotopic (exact) mass is 293 g/mol. The number of nitrogens with zero attached hydrogens (tertiary/aromatic N) is 2. The Morgan fingerprint density at radius 2 is 2.69 bits per heavy atom. The summed E-state index contributed by atoms with van der Waals surface area (Å²) < 4.78 is 8.66. The summed E-state index contributed by atoms with van der Waals surface area (Å²) in [6.07, 6.45) is 4.15. The van der Waals surface area contributed by atoms with Crippen molar-refractivity contribution >= 4 is 22.6 Å². The summed E-state index contributed by atoms with van der Waals surface area (Å²) in [5.41, 5.74) is 0. The molecular weight excluding hydrogens is 281 g/mol. The minimum atomic E-state index is 0.268. The van der Waals surface area contributed by atoms with Crippen molar-refractivity contribution in [1.82, 2.24) is 15.1 Å². The first kappa shape index (κ1) is 9.42. The predicted octanol–water partition coefficient (Wildman–Crippen LogP) is 0.476. The third-order valence-electron chi connectivity index (χ3n) is 2.00. The van der Waals surface area contributed by atoms with Crippen LogP contribution in [0.4, 0.5) is 0 Å². The smallest absolute Gasteiger partial charge is 0.0895 e. The van der Waals surface area contributed by atoms with Crippen molar-refractivity contribution in [3.05, 3.63) is 16.0 Å². The zero-order valence-electron chi connectivity index (χ0n) is 7.24. The highest BCUT2D eigenvalue weighted by atomic mass is 127. The molecule has 1 fully saturated rings. The van der Waals surface area contributed by atoms with Crippen LogP contribution >= 0.6 is 22.6 Å². The van der Waals surface area contributed by atoms with Crippen LogP contribution < -0.4 is 5.32 Å². The Morgan fingerprint density at radius 1 is 1.77 bits per heavy atom. The molecule has 1 aliphatic heterocycles. The zero-order valence-corrected chi connectivity index (χ0v) is 9.40. The Morgan fingerprint density at radius 3 is 3.31 bits per heavy atom. The number of nitrogens with one attached hydrogen (secondary N) is 1. The lowest BCUT2D eigenvalue weighted by Crippen LogP contribution is -2.40. The first-order valence-electron chi connectivity index (χ1n) is 4.35. The first-order chi connectivity index (χ1) is 6.34. The fourth-order valence-electron chi connectivity index (χ4n) is 1.38. The van der Waals surface area contributed by atoms with E-state index in [1.54, 1.807) is 0 Å². The van der Waals surface area contributed by atoms with E-state index in [0.29, 0.717) is 0 Å². The van der Waals surface area contributed by atoms with Gasteiger partial charge in [0.1, 0.15) is 0 Å². The van der Waals surface area contributed by atoms with Crippen LogP contribution in [0.5, 0.6) is 0 Å². The van der Waals surface area contributed by atoms with E-state index in [2.05, 4.69) is 33.0 Å². The molecule has 0 aliphatic carbocycles. The van der Waals surface area contributed by atoms with E-state index in [9.17, 15) is 0 Å². The third-order valence-corrected chi connectivity index (χ3v) is 2.55. The molecule has 0 saturated carbocycles. The maximum absolute atomic E-state index is 5.57. The van der Waals surface area contributed by atoms with E-state index in [-0.39, 0.29) is 6.10 Å². The van der Waals surface area contributed by atoms with Gasteiger partial charge in [0.25, 0.3) is 0 Å². The molecule has 0 bridgehead atoms. The van der Waals surface area contributed by atoms with Crippen LogP contribution in [0.25, 0.3) is 0 Å². The summed E-state index contributed by atoms with van der Waals surface area (Å²) in [5, 5.41) is 7.51. The van der Waals surface area contributed by atoms with Crippen molar-refractivity contribution in [2.45, 2.75) is 12.6 Å². The lowest BCUT2D eigenvalue weighted by Gasteiger charge is -2.23. The van der Waals surface area contributed by atoms with Gasteiger partial charge < -0.3 is 10.1 Å². The molecule has 1 unspecified atom stereocenters. The standard InChI is InChI=1S/C8H12IN3O/c9-7-3-11-12(5-7)6-8-4-10-1-2-13-8/h3,5,8,10H,1-2,4,6H2. The molecule has 1 aromatic heterocycles. The molecule has 2 heterocycles. The van der Waals surface area contributed by atoms with Crippen molar-refractivity contribution in [3.63, 3.8) is 0 Å². The lowest BCUT2D eigenvalue weighted by atomic mass is 10.3.